The van der Waals surface area contributed by atoms with Crippen LogP contribution in [0.1, 0.15) is 148 Å². The summed E-state index contributed by atoms with van der Waals surface area (Å²) in [6, 6.07) is 3.68. The van der Waals surface area contributed by atoms with Gasteiger partial charge in [0.05, 0.1) is 37.3 Å². The van der Waals surface area contributed by atoms with Gasteiger partial charge in [-0.05, 0) is 84.5 Å². The molecule has 3 heterocycles. The van der Waals surface area contributed by atoms with E-state index in [1.54, 1.807) is 48.5 Å². The Kier molecular flexibility index (Phi) is 47.5. The predicted octanol–water partition coefficient (Wildman–Crippen LogP) is -3.02. The minimum Gasteiger partial charge on any atom is -0.508 e. The molecule has 0 aliphatic carbocycles. The number of hydrogen-bond donors (Lipinski definition) is 20. The molecule has 0 spiro atoms. The Bertz CT molecular complexity index is 5850. The van der Waals surface area contributed by atoms with Gasteiger partial charge in [0.25, 0.3) is 0 Å². The maximum absolute atomic E-state index is 15.2. The van der Waals surface area contributed by atoms with Gasteiger partial charge < -0.3 is 106 Å². The zero-order valence-corrected chi connectivity index (χ0v) is 84.2. The molecule has 0 fully saturated rings. The SMILES string of the molecule is C[C@H]1CSCCC(=O)CCCn2c(=O)n3c(=O)n(c2=O)CCNC(=O)CCSC[C@H](NC(=O)[C@@H](C)NC(=O)[C@H](Cc2cccc4ccccc24)CC(=O)[C@H](CCC(=O)O)NC(=O)[C@H](CC(N)=O)NC(=O)[C@@H](C)NC1=O)C(=O)N[C@@H](CCC(=O)O)C(=O)N[C@@H](CC(=O)O)C(=O)N[C@@H](Cc1ccccc1)C(=O)N[C@@H](Cc1ccc(O)cc1)C(=O)N[C@@H](CC(=O)O)C(=O)N[C@@H](C(C)(C)C)C(=O)C[C@H](C(N)=O)CSCCC(=O)NCC3. The van der Waals surface area contributed by atoms with Gasteiger partial charge in [-0.15, -0.1) is 0 Å². The number of rotatable bonds is 19. The maximum atomic E-state index is 15.2. The molecule has 798 valence electrons. The van der Waals surface area contributed by atoms with Crippen molar-refractivity contribution in [1.29, 1.82) is 0 Å². The molecule has 4 aromatic carbocycles. The summed E-state index contributed by atoms with van der Waals surface area (Å²) >= 11 is 2.92. The van der Waals surface area contributed by atoms with E-state index in [4.69, 9.17) is 11.5 Å². The monoisotopic (exact) mass is 2110 g/mol. The molecular weight excluding hydrogens is 1980 g/mol. The van der Waals surface area contributed by atoms with Crippen LogP contribution in [0.3, 0.4) is 0 Å². The molecule has 0 radical (unpaired) electrons. The first-order chi connectivity index (χ1) is 69.5. The van der Waals surface area contributed by atoms with Gasteiger partial charge in [-0.25, -0.2) is 28.1 Å². The molecule has 0 unspecified atom stereocenters. The molecule has 7 rings (SSSR count). The number of nitrogens with one attached hydrogen (secondary N) is 13. The Morgan fingerprint density at radius 1 is 0.401 bits per heavy atom. The van der Waals surface area contributed by atoms with Crippen LogP contribution in [0.4, 0.5) is 0 Å². The average molecular weight is 2110 g/mol. The number of amides is 15. The van der Waals surface area contributed by atoms with Crippen LogP contribution in [0.5, 0.6) is 5.75 Å². The molecule has 5 aromatic rings. The number of ketones is 3. The molecule has 0 saturated heterocycles. The van der Waals surface area contributed by atoms with Crippen molar-refractivity contribution in [3.8, 4) is 5.75 Å². The van der Waals surface area contributed by atoms with Crippen LogP contribution >= 0.6 is 35.3 Å². The maximum Gasteiger partial charge on any atom is 0.336 e. The van der Waals surface area contributed by atoms with Gasteiger partial charge in [0, 0.05) is 143 Å². The summed E-state index contributed by atoms with van der Waals surface area (Å²) in [7, 11) is 0. The van der Waals surface area contributed by atoms with Crippen LogP contribution in [0.25, 0.3) is 10.8 Å². The topological polar surface area (TPSA) is 751 Å². The van der Waals surface area contributed by atoms with Crippen molar-refractivity contribution in [2.45, 2.75) is 237 Å². The third-order valence-corrected chi connectivity index (χ3v) is 27.1. The number of hydrogen-bond acceptors (Lipinski definition) is 29. The molecule has 48 nitrogen and oxygen atoms in total. The van der Waals surface area contributed by atoms with Crippen molar-refractivity contribution in [3.63, 3.8) is 0 Å². The Balaban J connectivity index is 1.34. The largest absolute Gasteiger partial charge is 0.508 e. The molecule has 147 heavy (non-hydrogen) atoms. The number of carbonyl (C=O) groups is 22. The fourth-order valence-corrected chi connectivity index (χ4v) is 18.6. The molecule has 51 heteroatoms. The first-order valence-corrected chi connectivity index (χ1v) is 50.8. The van der Waals surface area contributed by atoms with E-state index in [9.17, 15) is 131 Å². The van der Waals surface area contributed by atoms with E-state index in [2.05, 4.69) is 69.1 Å². The van der Waals surface area contributed by atoms with Gasteiger partial charge in [-0.1, -0.05) is 113 Å². The minimum absolute atomic E-state index is 0.0489. The van der Waals surface area contributed by atoms with E-state index in [1.807, 2.05) is 0 Å². The number of primary amides is 2. The predicted molar refractivity (Wildman–Crippen MR) is 534 cm³/mol. The molecule has 4 bridgehead atoms. The lowest BCUT2D eigenvalue weighted by atomic mass is 9.81. The van der Waals surface area contributed by atoms with E-state index in [1.165, 1.54) is 83.1 Å². The lowest BCUT2D eigenvalue weighted by Crippen LogP contribution is -2.61. The Labute approximate surface area is 855 Å². The second-order valence-corrected chi connectivity index (χ2v) is 40.0. The van der Waals surface area contributed by atoms with E-state index >= 15 is 14.4 Å². The number of aromatic hydroxyl groups is 1. The van der Waals surface area contributed by atoms with Crippen molar-refractivity contribution in [2.24, 2.45) is 34.6 Å². The van der Waals surface area contributed by atoms with Gasteiger partial charge >= 0.3 is 40.9 Å². The number of nitrogens with zero attached hydrogens (tertiary/aromatic N) is 3. The molecule has 1 aromatic heterocycles. The lowest BCUT2D eigenvalue weighted by molar-refractivity contribution is -0.142. The zero-order valence-electron chi connectivity index (χ0n) is 81.8. The number of fused-ring (bicyclic) bond motifs is 11. The van der Waals surface area contributed by atoms with Crippen LogP contribution in [0.15, 0.2) is 111 Å². The smallest absolute Gasteiger partial charge is 0.336 e. The number of Topliss-reactive ketones (excluding diaryl/α,β-unsaturated/α-hetero) is 3. The summed E-state index contributed by atoms with van der Waals surface area (Å²) in [5, 5.41) is 83.7. The third kappa shape index (κ3) is 39.7. The number of aliphatic carboxylic acids is 4. The molecule has 2 aliphatic heterocycles. The number of phenolic OH excluding ortho intramolecular Hbond substituents is 1. The third-order valence-electron chi connectivity index (χ3n) is 23.7. The van der Waals surface area contributed by atoms with Crippen LogP contribution in [0.2, 0.25) is 0 Å². The van der Waals surface area contributed by atoms with Gasteiger partial charge in [-0.3, -0.25) is 105 Å². The number of carboxylic acids is 4. The zero-order chi connectivity index (χ0) is 109. The highest BCUT2D eigenvalue weighted by atomic mass is 32.2. The molecule has 0 saturated carbocycles. The van der Waals surface area contributed by atoms with Gasteiger partial charge in [0.15, 0.2) is 11.6 Å². The van der Waals surface area contributed by atoms with Crippen molar-refractivity contribution in [3.05, 3.63) is 145 Å². The second kappa shape index (κ2) is 58.5. The fraction of sp³-hybridized carbons (Fsp3) is 0.510. The summed E-state index contributed by atoms with van der Waals surface area (Å²) in [5.74, 6) is -30.7. The summed E-state index contributed by atoms with van der Waals surface area (Å²) in [4.78, 5) is 351. The van der Waals surface area contributed by atoms with Crippen molar-refractivity contribution < 1.29 is 131 Å². The highest BCUT2D eigenvalue weighted by molar-refractivity contribution is 7.99. The summed E-state index contributed by atoms with van der Waals surface area (Å²) < 4.78 is 1.88. The molecular formula is C96H126N18O30S3. The van der Waals surface area contributed by atoms with Crippen molar-refractivity contribution in [2.75, 3.05) is 47.6 Å². The summed E-state index contributed by atoms with van der Waals surface area (Å²) in [6.45, 7) is 5.73. The quantitative estimate of drug-likeness (QED) is 0.0391. The number of nitrogens with two attached hydrogens (primary N) is 2. The molecule has 15 amide bonds. The minimum atomic E-state index is -2.29. The van der Waals surface area contributed by atoms with E-state index in [0.717, 1.165) is 42.2 Å². The highest BCUT2D eigenvalue weighted by Crippen LogP contribution is 2.28. The van der Waals surface area contributed by atoms with Gasteiger partial charge in [0.1, 0.15) is 65.9 Å². The number of benzene rings is 4. The summed E-state index contributed by atoms with van der Waals surface area (Å²) in [6.07, 6.45) is -11.0. The number of carbonyl (C=O) groups excluding carboxylic acids is 18. The van der Waals surface area contributed by atoms with Crippen LogP contribution in [-0.2, 0) is 144 Å². The van der Waals surface area contributed by atoms with E-state index in [-0.39, 0.29) is 83.5 Å². The number of carboxylic acid groups (broad SMARTS) is 4. The lowest BCUT2D eigenvalue weighted by Gasteiger charge is -2.32. The van der Waals surface area contributed by atoms with E-state index in [0.29, 0.717) is 30.0 Å². The standard InChI is InChI=1S/C96H126N18O30S3/c1-51-48-145-37-29-60(115)19-13-34-112-93(142)113-35-32-99-74(120)30-38-146-49-59(81(98)130)44-72(118)80(96(4,5)6)111-91(140)69(47-79(128)129)109-88(137)66(41-55-21-23-61(116)24-22-55)106-87(136)65(40-54-14-8-7-9-15-54)107-90(139)68(46-78(126)127)108-86(135)64(26-28-77(124)125)104-92(141)70(50-147-39-31-75(121)100-33-36-114(94(112)143)95(113)144)110-84(133)53(3)102-85(134)58(42-57-18-12-17-56-16-10-11-20-62(56)57)43-71(117)63(25-27-76(122)123)103-89(138)67(45-73(97)119)105-83(132)52(2)101-82(51)131/h7-12,14-18,20-24,51-53,58-59,63-70,80,116H,13,19,25-50H2,1-6H3,(H2,97,119)(H2,98,130)(H,99,120)(H,100,121)(H,101,131)(H,102,134)(H,103,138)(H,104,141)(H,105,132)(H,106,136)(H,107,139)(H,108,135)(H,109,137)(H,110,133)(H,111,140)(H,122,123)(H,124,125)(H,126,127)(H,128,129)/t51-,52+,53+,58+,59-,63-,64-,65-,66-,67-,68-,69-,70-,80+/m0/s1. The first kappa shape index (κ1) is 119. The van der Waals surface area contributed by atoms with Crippen molar-refractivity contribution in [1.82, 2.24) is 82.8 Å². The Morgan fingerprint density at radius 3 is 1.38 bits per heavy atom. The normalized spacial score (nSPS) is 23.8. The summed E-state index contributed by atoms with van der Waals surface area (Å²) in [5.41, 5.74) is 7.45. The average Bonchev–Trinajstić information content (AvgIpc) is 0.781. The number of phenols is 1. The van der Waals surface area contributed by atoms with Crippen LogP contribution in [0, 0.1) is 23.2 Å². The van der Waals surface area contributed by atoms with E-state index < -0.39 is 346 Å². The fourth-order valence-electron chi connectivity index (χ4n) is 15.5. The molecule has 14 atom stereocenters. The Morgan fingerprint density at radius 2 is 0.844 bits per heavy atom. The molecule has 22 N–H and O–H groups in total. The number of thioether (sulfide) groups is 3. The van der Waals surface area contributed by atoms with Gasteiger partial charge in [0.2, 0.25) is 88.6 Å². The number of aromatic nitrogens is 3. The van der Waals surface area contributed by atoms with Crippen molar-refractivity contribution >= 4 is 176 Å². The Hall–Kier alpha value is -14.7. The second-order valence-electron chi connectivity index (χ2n) is 36.5. The van der Waals surface area contributed by atoms with Crippen LogP contribution in [-0.4, -0.2) is 283 Å². The molecule has 2 aliphatic rings. The van der Waals surface area contributed by atoms with Crippen LogP contribution < -0.4 is 97.7 Å². The first-order valence-electron chi connectivity index (χ1n) is 47.3. The van der Waals surface area contributed by atoms with Gasteiger partial charge in [-0.2, -0.15) is 35.3 Å². The highest BCUT2D eigenvalue weighted by Gasteiger charge is 2.42.